The Morgan fingerprint density at radius 2 is 2.09 bits per heavy atom. The van der Waals surface area contributed by atoms with Gasteiger partial charge in [0, 0.05) is 5.41 Å². The smallest absolute Gasteiger partial charge is 0.0550 e. The van der Waals surface area contributed by atoms with Gasteiger partial charge in [-0.15, -0.1) is 0 Å². The van der Waals surface area contributed by atoms with Crippen molar-refractivity contribution in [2.24, 2.45) is 23.2 Å². The second-order valence-corrected chi connectivity index (χ2v) is 4.78. The normalized spacial score (nSPS) is 51.5. The van der Waals surface area contributed by atoms with E-state index in [0.29, 0.717) is 5.41 Å². The molecular weight excluding hydrogens is 136 g/mol. The summed E-state index contributed by atoms with van der Waals surface area (Å²) in [5, 5.41) is 0. The van der Waals surface area contributed by atoms with E-state index in [0.717, 1.165) is 31.0 Å². The third-order valence-electron chi connectivity index (χ3n) is 4.64. The van der Waals surface area contributed by atoms with Gasteiger partial charge in [0.05, 0.1) is 13.2 Å². The monoisotopic (exact) mass is 152 g/mol. The van der Waals surface area contributed by atoms with E-state index in [9.17, 15) is 0 Å². The minimum Gasteiger partial charge on any atom is -0.380 e. The second-order valence-electron chi connectivity index (χ2n) is 4.78. The number of hydrogen-bond donors (Lipinski definition) is 0. The van der Waals surface area contributed by atoms with Crippen molar-refractivity contribution in [3.63, 3.8) is 0 Å². The van der Waals surface area contributed by atoms with Crippen LogP contribution in [0.2, 0.25) is 0 Å². The molecule has 1 nitrogen and oxygen atoms in total. The average molecular weight is 152 g/mol. The van der Waals surface area contributed by atoms with Crippen LogP contribution in [0.5, 0.6) is 0 Å². The van der Waals surface area contributed by atoms with Gasteiger partial charge in [0.2, 0.25) is 0 Å². The maximum Gasteiger partial charge on any atom is 0.0550 e. The van der Waals surface area contributed by atoms with Crippen LogP contribution in [0.15, 0.2) is 0 Å². The lowest BCUT2D eigenvalue weighted by Gasteiger charge is -2.49. The fourth-order valence-electron chi connectivity index (χ4n) is 3.67. The van der Waals surface area contributed by atoms with Crippen molar-refractivity contribution in [3.05, 3.63) is 0 Å². The predicted molar refractivity (Wildman–Crippen MR) is 43.2 cm³/mol. The Kier molecular flexibility index (Phi) is 1.07. The number of rotatable bonds is 0. The van der Waals surface area contributed by atoms with Crippen LogP contribution in [0.3, 0.4) is 0 Å². The molecule has 0 amide bonds. The summed E-state index contributed by atoms with van der Waals surface area (Å²) in [6.07, 6.45) is 4.52. The first kappa shape index (κ1) is 6.47. The summed E-state index contributed by atoms with van der Waals surface area (Å²) in [6, 6.07) is 0. The first-order valence-corrected chi connectivity index (χ1v) is 4.91. The Labute approximate surface area is 68.1 Å². The molecule has 3 unspecified atom stereocenters. The summed E-state index contributed by atoms with van der Waals surface area (Å²) in [5.41, 5.74) is 0.670. The van der Waals surface area contributed by atoms with E-state index >= 15 is 0 Å². The van der Waals surface area contributed by atoms with Crippen LogP contribution in [-0.4, -0.2) is 13.2 Å². The minimum absolute atomic E-state index is 0.670. The molecule has 0 radical (unpaired) electrons. The number of ether oxygens (including phenoxy) is 1. The zero-order valence-electron chi connectivity index (χ0n) is 7.18. The minimum atomic E-state index is 0.670. The zero-order chi connectivity index (χ0) is 7.47. The van der Waals surface area contributed by atoms with Crippen molar-refractivity contribution in [3.8, 4) is 0 Å². The van der Waals surface area contributed by atoms with E-state index in [4.69, 9.17) is 4.74 Å². The predicted octanol–water partition coefficient (Wildman–Crippen LogP) is 2.07. The fraction of sp³-hybridized carbons (Fsp3) is 1.00. The van der Waals surface area contributed by atoms with Crippen molar-refractivity contribution in [2.45, 2.75) is 26.2 Å². The van der Waals surface area contributed by atoms with Crippen molar-refractivity contribution in [1.82, 2.24) is 0 Å². The molecule has 3 atom stereocenters. The van der Waals surface area contributed by atoms with Gasteiger partial charge >= 0.3 is 0 Å². The fourth-order valence-corrected chi connectivity index (χ4v) is 3.67. The van der Waals surface area contributed by atoms with Crippen LogP contribution in [0.1, 0.15) is 26.2 Å². The molecule has 1 saturated heterocycles. The molecule has 11 heavy (non-hydrogen) atoms. The van der Waals surface area contributed by atoms with Crippen molar-refractivity contribution in [2.75, 3.05) is 13.2 Å². The lowest BCUT2D eigenvalue weighted by Crippen LogP contribution is -2.51. The molecule has 3 aliphatic rings. The van der Waals surface area contributed by atoms with Gasteiger partial charge in [0.25, 0.3) is 0 Å². The summed E-state index contributed by atoms with van der Waals surface area (Å²) in [7, 11) is 0. The summed E-state index contributed by atoms with van der Waals surface area (Å²) >= 11 is 0. The Morgan fingerprint density at radius 1 is 1.27 bits per heavy atom. The van der Waals surface area contributed by atoms with Gasteiger partial charge in [-0.05, 0) is 37.0 Å². The molecule has 62 valence electrons. The van der Waals surface area contributed by atoms with Gasteiger partial charge in [0.1, 0.15) is 0 Å². The maximum absolute atomic E-state index is 5.38. The SMILES string of the molecule is CC1C2CCC(C2)C12COC2. The van der Waals surface area contributed by atoms with Crippen molar-refractivity contribution >= 4 is 0 Å². The van der Waals surface area contributed by atoms with E-state index in [2.05, 4.69) is 6.92 Å². The molecule has 2 saturated carbocycles. The average Bonchev–Trinajstić information content (AvgIpc) is 2.41. The molecule has 0 aromatic carbocycles. The van der Waals surface area contributed by atoms with E-state index in [-0.39, 0.29) is 0 Å². The van der Waals surface area contributed by atoms with Crippen LogP contribution in [0.4, 0.5) is 0 Å². The molecule has 0 aromatic heterocycles. The Bertz CT molecular complexity index is 179. The molecule has 1 heterocycles. The largest absolute Gasteiger partial charge is 0.380 e. The molecule has 2 bridgehead atoms. The highest BCUT2D eigenvalue weighted by Crippen LogP contribution is 2.62. The van der Waals surface area contributed by atoms with E-state index in [1.165, 1.54) is 19.3 Å². The summed E-state index contributed by atoms with van der Waals surface area (Å²) in [4.78, 5) is 0. The van der Waals surface area contributed by atoms with Crippen molar-refractivity contribution in [1.29, 1.82) is 0 Å². The van der Waals surface area contributed by atoms with Gasteiger partial charge < -0.3 is 4.74 Å². The molecule has 1 heteroatoms. The van der Waals surface area contributed by atoms with Crippen LogP contribution in [0.25, 0.3) is 0 Å². The third kappa shape index (κ3) is 0.581. The Balaban J connectivity index is 1.94. The summed E-state index contributed by atoms with van der Waals surface area (Å²) < 4.78 is 5.38. The first-order valence-electron chi connectivity index (χ1n) is 4.91. The first-order chi connectivity index (χ1) is 5.33. The van der Waals surface area contributed by atoms with Gasteiger partial charge in [0.15, 0.2) is 0 Å². The van der Waals surface area contributed by atoms with Crippen molar-refractivity contribution < 1.29 is 4.74 Å². The summed E-state index contributed by atoms with van der Waals surface area (Å²) in [5.74, 6) is 3.06. The standard InChI is InChI=1S/C10H16O/c1-7-8-2-3-9(4-8)10(7)5-11-6-10/h7-9H,2-6H2,1H3. The quantitative estimate of drug-likeness (QED) is 0.516. The van der Waals surface area contributed by atoms with Gasteiger partial charge in [-0.2, -0.15) is 0 Å². The summed E-state index contributed by atoms with van der Waals surface area (Å²) in [6.45, 7) is 4.61. The highest BCUT2D eigenvalue weighted by atomic mass is 16.5. The lowest BCUT2D eigenvalue weighted by atomic mass is 9.65. The Hall–Kier alpha value is -0.0400. The topological polar surface area (TPSA) is 9.23 Å². The number of fused-ring (bicyclic) bond motifs is 3. The van der Waals surface area contributed by atoms with Gasteiger partial charge in [-0.1, -0.05) is 6.92 Å². The second kappa shape index (κ2) is 1.82. The molecule has 0 N–H and O–H groups in total. The molecule has 1 aliphatic heterocycles. The van der Waals surface area contributed by atoms with Crippen LogP contribution >= 0.6 is 0 Å². The molecule has 2 aliphatic carbocycles. The highest BCUT2D eigenvalue weighted by molar-refractivity contribution is 5.07. The van der Waals surface area contributed by atoms with E-state index in [1.54, 1.807) is 0 Å². The van der Waals surface area contributed by atoms with Crippen LogP contribution < -0.4 is 0 Å². The van der Waals surface area contributed by atoms with Crippen LogP contribution in [0, 0.1) is 23.2 Å². The van der Waals surface area contributed by atoms with E-state index in [1.807, 2.05) is 0 Å². The van der Waals surface area contributed by atoms with Gasteiger partial charge in [-0.3, -0.25) is 0 Å². The molecule has 3 rings (SSSR count). The molecule has 0 aromatic rings. The molecule has 1 spiro atoms. The lowest BCUT2D eigenvalue weighted by molar-refractivity contribution is -0.167. The maximum atomic E-state index is 5.38. The van der Waals surface area contributed by atoms with Gasteiger partial charge in [-0.25, -0.2) is 0 Å². The Morgan fingerprint density at radius 3 is 2.45 bits per heavy atom. The van der Waals surface area contributed by atoms with Crippen LogP contribution in [-0.2, 0) is 4.74 Å². The number of hydrogen-bond acceptors (Lipinski definition) is 1. The molecular formula is C10H16O. The zero-order valence-corrected chi connectivity index (χ0v) is 7.18. The third-order valence-corrected chi connectivity index (χ3v) is 4.64. The molecule has 3 fully saturated rings. The van der Waals surface area contributed by atoms with E-state index < -0.39 is 0 Å². The highest BCUT2D eigenvalue weighted by Gasteiger charge is 2.59.